The van der Waals surface area contributed by atoms with Crippen LogP contribution in [0, 0.1) is 5.92 Å². The number of sulfonamides is 1. The second-order valence-electron chi connectivity index (χ2n) is 6.59. The molecule has 9 heteroatoms. The SMILES string of the molecule is NS(=O)(=O)c1ccc(CCNC(=O)C2CC(=O)N(c3ccccc3Cl)C2)cc1. The predicted molar refractivity (Wildman–Crippen MR) is 106 cm³/mol. The Morgan fingerprint density at radius 3 is 2.50 bits per heavy atom. The minimum atomic E-state index is -3.72. The molecule has 3 rings (SSSR count). The van der Waals surface area contributed by atoms with Gasteiger partial charge in [0, 0.05) is 19.5 Å². The van der Waals surface area contributed by atoms with Gasteiger partial charge in [0.15, 0.2) is 0 Å². The molecule has 2 aromatic rings. The van der Waals surface area contributed by atoms with Gasteiger partial charge < -0.3 is 10.2 Å². The summed E-state index contributed by atoms with van der Waals surface area (Å²) in [7, 11) is -3.72. The molecule has 3 N–H and O–H groups in total. The summed E-state index contributed by atoms with van der Waals surface area (Å²) < 4.78 is 22.5. The van der Waals surface area contributed by atoms with Crippen molar-refractivity contribution in [2.75, 3.05) is 18.0 Å². The molecule has 1 heterocycles. The zero-order valence-electron chi connectivity index (χ0n) is 15.0. The van der Waals surface area contributed by atoms with Crippen LogP contribution in [0.25, 0.3) is 0 Å². The summed E-state index contributed by atoms with van der Waals surface area (Å²) in [6.07, 6.45) is 0.672. The molecule has 1 saturated heterocycles. The Morgan fingerprint density at radius 2 is 1.86 bits per heavy atom. The van der Waals surface area contributed by atoms with E-state index in [9.17, 15) is 18.0 Å². The van der Waals surface area contributed by atoms with Gasteiger partial charge >= 0.3 is 0 Å². The van der Waals surface area contributed by atoms with Crippen LogP contribution < -0.4 is 15.4 Å². The van der Waals surface area contributed by atoms with Gasteiger partial charge in [-0.25, -0.2) is 13.6 Å². The van der Waals surface area contributed by atoms with Crippen molar-refractivity contribution in [2.24, 2.45) is 11.1 Å². The summed E-state index contributed by atoms with van der Waals surface area (Å²) in [5, 5.41) is 8.37. The number of benzene rings is 2. The van der Waals surface area contributed by atoms with E-state index in [1.165, 1.54) is 12.1 Å². The van der Waals surface area contributed by atoms with Gasteiger partial charge in [-0.15, -0.1) is 0 Å². The zero-order chi connectivity index (χ0) is 20.3. The summed E-state index contributed by atoms with van der Waals surface area (Å²) in [6, 6.07) is 13.2. The minimum Gasteiger partial charge on any atom is -0.355 e. The Balaban J connectivity index is 1.53. The van der Waals surface area contributed by atoms with E-state index >= 15 is 0 Å². The van der Waals surface area contributed by atoms with Crippen molar-refractivity contribution in [2.45, 2.75) is 17.7 Å². The number of primary sulfonamides is 1. The summed E-state index contributed by atoms with van der Waals surface area (Å²) in [5.74, 6) is -0.760. The third kappa shape index (κ3) is 4.70. The first-order valence-corrected chi connectivity index (χ1v) is 10.6. The van der Waals surface area contributed by atoms with Crippen LogP contribution in [0.15, 0.2) is 53.4 Å². The Morgan fingerprint density at radius 1 is 1.18 bits per heavy atom. The Bertz CT molecular complexity index is 992. The molecule has 1 aliphatic rings. The summed E-state index contributed by atoms with van der Waals surface area (Å²) in [4.78, 5) is 26.3. The number of nitrogens with zero attached hydrogens (tertiary/aromatic N) is 1. The summed E-state index contributed by atoms with van der Waals surface area (Å²) in [5.41, 5.74) is 1.48. The Hall–Kier alpha value is -2.42. The first-order valence-electron chi connectivity index (χ1n) is 8.70. The van der Waals surface area contributed by atoms with Crippen LogP contribution in [0.4, 0.5) is 5.69 Å². The molecule has 1 aliphatic heterocycles. The second kappa shape index (κ2) is 8.30. The number of nitrogens with two attached hydrogens (primary N) is 1. The molecule has 0 spiro atoms. The number of para-hydroxylation sites is 1. The first-order chi connectivity index (χ1) is 13.3. The first kappa shape index (κ1) is 20.3. The number of carbonyl (C=O) groups excluding carboxylic acids is 2. The van der Waals surface area contributed by atoms with Crippen molar-refractivity contribution in [3.63, 3.8) is 0 Å². The standard InChI is InChI=1S/C19H20ClN3O4S/c20-16-3-1-2-4-17(16)23-12-14(11-18(23)24)19(25)22-10-9-13-5-7-15(8-6-13)28(21,26)27/h1-8,14H,9-12H2,(H,22,25)(H2,21,26,27). The van der Waals surface area contributed by atoms with Crippen LogP contribution in [-0.4, -0.2) is 33.3 Å². The van der Waals surface area contributed by atoms with E-state index in [4.69, 9.17) is 16.7 Å². The van der Waals surface area contributed by atoms with Crippen molar-refractivity contribution in [1.29, 1.82) is 0 Å². The molecule has 1 fully saturated rings. The molecule has 28 heavy (non-hydrogen) atoms. The molecule has 0 saturated carbocycles. The van der Waals surface area contributed by atoms with Crippen LogP contribution in [-0.2, 0) is 26.0 Å². The highest BCUT2D eigenvalue weighted by molar-refractivity contribution is 7.89. The molecule has 1 atom stereocenters. The number of nitrogens with one attached hydrogen (secondary N) is 1. The highest BCUT2D eigenvalue weighted by Crippen LogP contribution is 2.30. The molecular weight excluding hydrogens is 402 g/mol. The van der Waals surface area contributed by atoms with Gasteiger partial charge in [-0.2, -0.15) is 0 Å². The lowest BCUT2D eigenvalue weighted by molar-refractivity contribution is -0.126. The van der Waals surface area contributed by atoms with Gasteiger partial charge in [0.25, 0.3) is 0 Å². The Labute approximate surface area is 168 Å². The Kier molecular flexibility index (Phi) is 6.02. The molecule has 2 amide bonds. The van der Waals surface area contributed by atoms with Gasteiger partial charge in [-0.3, -0.25) is 9.59 Å². The molecular formula is C19H20ClN3O4S. The van der Waals surface area contributed by atoms with E-state index in [0.29, 0.717) is 23.7 Å². The molecule has 2 aromatic carbocycles. The maximum absolute atomic E-state index is 12.4. The molecule has 0 aliphatic carbocycles. The number of rotatable bonds is 6. The lowest BCUT2D eigenvalue weighted by atomic mass is 10.1. The van der Waals surface area contributed by atoms with Crippen LogP contribution >= 0.6 is 11.6 Å². The lowest BCUT2D eigenvalue weighted by Crippen LogP contribution is -2.34. The predicted octanol–water partition coefficient (Wildman–Crippen LogP) is 1.70. The van der Waals surface area contributed by atoms with E-state index in [1.54, 1.807) is 41.3 Å². The van der Waals surface area contributed by atoms with Gasteiger partial charge in [-0.1, -0.05) is 35.9 Å². The van der Waals surface area contributed by atoms with E-state index in [2.05, 4.69) is 5.32 Å². The molecule has 1 unspecified atom stereocenters. The molecule has 0 bridgehead atoms. The van der Waals surface area contributed by atoms with Crippen LogP contribution in [0.1, 0.15) is 12.0 Å². The second-order valence-corrected chi connectivity index (χ2v) is 8.56. The normalized spacial score (nSPS) is 17.0. The van der Waals surface area contributed by atoms with Gasteiger partial charge in [0.2, 0.25) is 21.8 Å². The highest BCUT2D eigenvalue weighted by Gasteiger charge is 2.35. The fraction of sp³-hybridized carbons (Fsp3) is 0.263. The van der Waals surface area contributed by atoms with Crippen LogP contribution in [0.2, 0.25) is 5.02 Å². The zero-order valence-corrected chi connectivity index (χ0v) is 16.5. The molecule has 148 valence electrons. The smallest absolute Gasteiger partial charge is 0.238 e. The van der Waals surface area contributed by atoms with Crippen molar-refractivity contribution in [1.82, 2.24) is 5.32 Å². The largest absolute Gasteiger partial charge is 0.355 e. The van der Waals surface area contributed by atoms with E-state index in [1.807, 2.05) is 0 Å². The monoisotopic (exact) mass is 421 g/mol. The maximum Gasteiger partial charge on any atom is 0.238 e. The number of hydrogen-bond acceptors (Lipinski definition) is 4. The fourth-order valence-electron chi connectivity index (χ4n) is 3.11. The topological polar surface area (TPSA) is 110 Å². The molecule has 7 nitrogen and oxygen atoms in total. The number of amides is 2. The fourth-order valence-corrected chi connectivity index (χ4v) is 3.86. The lowest BCUT2D eigenvalue weighted by Gasteiger charge is -2.18. The maximum atomic E-state index is 12.4. The molecule has 0 radical (unpaired) electrons. The van der Waals surface area contributed by atoms with Crippen molar-refractivity contribution < 1.29 is 18.0 Å². The molecule has 0 aromatic heterocycles. The third-order valence-electron chi connectivity index (χ3n) is 4.60. The minimum absolute atomic E-state index is 0.0458. The quantitative estimate of drug-likeness (QED) is 0.739. The summed E-state index contributed by atoms with van der Waals surface area (Å²) >= 11 is 6.15. The van der Waals surface area contributed by atoms with Crippen molar-refractivity contribution >= 4 is 39.1 Å². The van der Waals surface area contributed by atoms with Gasteiger partial charge in [0.05, 0.1) is 21.5 Å². The number of anilines is 1. The van der Waals surface area contributed by atoms with Gasteiger partial charge in [0.1, 0.15) is 0 Å². The highest BCUT2D eigenvalue weighted by atomic mass is 35.5. The number of hydrogen-bond donors (Lipinski definition) is 2. The number of halogens is 1. The average molecular weight is 422 g/mol. The summed E-state index contributed by atoms with van der Waals surface area (Å²) in [6.45, 7) is 0.668. The van der Waals surface area contributed by atoms with Crippen molar-refractivity contribution in [3.05, 3.63) is 59.1 Å². The van der Waals surface area contributed by atoms with Crippen LogP contribution in [0.3, 0.4) is 0 Å². The van der Waals surface area contributed by atoms with Crippen molar-refractivity contribution in [3.8, 4) is 0 Å². The van der Waals surface area contributed by atoms with E-state index < -0.39 is 15.9 Å². The van der Waals surface area contributed by atoms with E-state index in [0.717, 1.165) is 5.56 Å². The van der Waals surface area contributed by atoms with E-state index in [-0.39, 0.29) is 29.7 Å². The average Bonchev–Trinajstić information content (AvgIpc) is 3.03. The van der Waals surface area contributed by atoms with Crippen LogP contribution in [0.5, 0.6) is 0 Å². The third-order valence-corrected chi connectivity index (χ3v) is 5.85. The number of carbonyl (C=O) groups is 2. The van der Waals surface area contributed by atoms with Gasteiger partial charge in [-0.05, 0) is 36.2 Å².